The minimum atomic E-state index is -4.48. The van der Waals surface area contributed by atoms with Gasteiger partial charge in [-0.1, -0.05) is 193 Å². The Morgan fingerprint density at radius 2 is 0.634 bits per heavy atom. The van der Waals surface area contributed by atoms with Crippen molar-refractivity contribution in [1.29, 1.82) is 4.78 Å². The van der Waals surface area contributed by atoms with E-state index in [9.17, 15) is 55.4 Å². The largest absolute Gasteiger partial charge is 1.00 e. The van der Waals surface area contributed by atoms with E-state index < -0.39 is 25.3 Å². The Bertz CT molecular complexity index is 4720. The van der Waals surface area contributed by atoms with Gasteiger partial charge in [0, 0.05) is 96.9 Å². The van der Waals surface area contributed by atoms with E-state index in [0.29, 0.717) is 31.0 Å². The minimum Gasteiger partial charge on any atom is -0.870 e. The second-order valence-electron chi connectivity index (χ2n) is 21.9. The zero-order valence-electron chi connectivity index (χ0n) is 66.7. The van der Waals surface area contributed by atoms with E-state index in [1.807, 2.05) is 104 Å². The minimum absolute atomic E-state index is 0. The maximum absolute atomic E-state index is 11.9. The Balaban J connectivity index is -0.000000337. The first-order valence-electron chi connectivity index (χ1n) is 33.1. The van der Waals surface area contributed by atoms with Crippen LogP contribution in [-0.4, -0.2) is 113 Å². The predicted octanol–water partition coefficient (Wildman–Crippen LogP) is 10.7. The fourth-order valence-electron chi connectivity index (χ4n) is 7.78. The molecule has 0 fully saturated rings. The molecule has 0 bridgehead atoms. The number of ketones is 5. The summed E-state index contributed by atoms with van der Waals surface area (Å²) in [5, 5.41) is 47.1. The third-order valence-electron chi connectivity index (χ3n) is 13.2. The molecule has 0 radical (unpaired) electrons. The van der Waals surface area contributed by atoms with Gasteiger partial charge in [-0.05, 0) is 242 Å². The van der Waals surface area contributed by atoms with Crippen LogP contribution in [0, 0.1) is 52.6 Å². The third kappa shape index (κ3) is 65.4. The summed E-state index contributed by atoms with van der Waals surface area (Å²) in [6, 6.07) is 62.8. The molecular formula is C84H83ArCl2N2Na3O23S8. The van der Waals surface area contributed by atoms with Gasteiger partial charge in [0.2, 0.25) is 0 Å². The Morgan fingerprint density at radius 1 is 0.447 bits per heavy atom. The fourth-order valence-corrected chi connectivity index (χ4v) is 10.9. The molecule has 9 aromatic carbocycles. The molecule has 0 spiro atoms. The number of hydrogen-bond donors (Lipinski definition) is 5. The van der Waals surface area contributed by atoms with Gasteiger partial charge in [-0.15, -0.1) is 49.7 Å². The van der Waals surface area contributed by atoms with Gasteiger partial charge in [0.1, 0.15) is 22.2 Å². The first-order chi connectivity index (χ1) is 55.8. The number of thioether (sulfide) groups is 3. The standard InChI is InChI=1S/C19H18OS2.C17H12Cl2O.2C17H14O7S2.C8H8OS.C3H6O.C2H6O.CH4.Ar.HNO3.HNS.3Na.H2O/c1-21-18-11-5-15(6-12-18)3-9-17(20)10-4-16-7-13-19(22-2)14-8-16;18-15-7-1-13(2-8-15)5-11-17(20)12-6-14-3-9-16(19)10-4-14;2*18-15(7-1-13-3-9-16(10-4-13)25-24-23-19)8-2-14-5-11-17(12-6-14)26(20,21)22;1-10-8-4-2-7(6-9)3-5-8;1-3(2)4;1-2-3;;;2-1(3)4;1-2;;;;/h3-14H,1-2H3;1-12H;2*1-12,19H,(H,20,21,22);2-6H,1H3;1-2H3;3H,2H2,1H3;1H4;;(H,2,3,4);1H;;;;1H2/q;;;;;;;;;;;3*+1;/p-3/b9-3+,10-4+;11-5+,12-6+;2*7-1+,8-2+;;;;;;;;;;;. The molecular weight excluding hydrogens is 1840 g/mol. The monoisotopic (exact) mass is 1920 g/mol. The van der Waals surface area contributed by atoms with E-state index in [4.69, 9.17) is 58.2 Å². The molecule has 0 aliphatic rings. The van der Waals surface area contributed by atoms with E-state index in [2.05, 4.69) is 55.4 Å². The van der Waals surface area contributed by atoms with E-state index in [0.717, 1.165) is 69.3 Å². The Kier molecular flexibility index (Phi) is 80.5. The van der Waals surface area contributed by atoms with Gasteiger partial charge < -0.3 is 30.4 Å². The molecule has 0 aliphatic carbocycles. The number of nitrogens with one attached hydrogen (secondary N) is 1. The van der Waals surface area contributed by atoms with Crippen LogP contribution in [-0.2, 0) is 75.4 Å². The number of benzene rings is 9. The van der Waals surface area contributed by atoms with Crippen LogP contribution in [0.2, 0.25) is 10.0 Å². The first kappa shape index (κ1) is 128. The van der Waals surface area contributed by atoms with E-state index in [-0.39, 0.29) is 185 Å². The number of aliphatic hydroxyl groups is 1. The molecule has 9 rings (SSSR count). The van der Waals surface area contributed by atoms with Crippen molar-refractivity contribution in [3.05, 3.63) is 337 Å². The van der Waals surface area contributed by atoms with Crippen LogP contribution in [0.4, 0.5) is 0 Å². The normalized spacial score (nSPS) is 10.3. The van der Waals surface area contributed by atoms with Crippen molar-refractivity contribution in [3.8, 4) is 0 Å². The number of aldehydes is 1. The first-order valence-corrected chi connectivity index (χ1v) is 42.2. The van der Waals surface area contributed by atoms with Crippen LogP contribution in [0.1, 0.15) is 83.1 Å². The second kappa shape index (κ2) is 77.4. The summed E-state index contributed by atoms with van der Waals surface area (Å²) in [5.41, 5.74) is 7.42. The molecule has 0 saturated carbocycles. The van der Waals surface area contributed by atoms with Crippen molar-refractivity contribution in [1.82, 2.24) is 0 Å². The molecule has 0 amide bonds. The summed E-state index contributed by atoms with van der Waals surface area (Å²) in [5.74, 6) is -0.441. The van der Waals surface area contributed by atoms with Crippen LogP contribution in [0.5, 0.6) is 0 Å². The smallest absolute Gasteiger partial charge is 0.870 e. The zero-order chi connectivity index (χ0) is 87.4. The van der Waals surface area contributed by atoms with Crippen LogP contribution in [0.25, 0.3) is 48.6 Å². The number of hydrogen-bond acceptors (Lipinski definition) is 28. The molecule has 0 aromatic heterocycles. The molecule has 25 nitrogen and oxygen atoms in total. The molecule has 0 aliphatic heterocycles. The van der Waals surface area contributed by atoms with Crippen LogP contribution >= 0.6 is 82.6 Å². The maximum Gasteiger partial charge on any atom is 1.00 e. The van der Waals surface area contributed by atoms with Gasteiger partial charge in [-0.3, -0.25) is 33.6 Å². The van der Waals surface area contributed by atoms with Gasteiger partial charge in [0.05, 0.1) is 33.9 Å². The van der Waals surface area contributed by atoms with Gasteiger partial charge in [0.15, 0.2) is 23.1 Å². The van der Waals surface area contributed by atoms with Crippen molar-refractivity contribution in [2.75, 3.05) is 25.4 Å². The number of aliphatic hydroxyl groups excluding tert-OH is 1. The quantitative estimate of drug-likeness (QED) is 0.00350. The molecule has 0 atom stereocenters. The van der Waals surface area contributed by atoms with Gasteiger partial charge in [0.25, 0.3) is 15.2 Å². The molecule has 6 N–H and O–H groups in total. The van der Waals surface area contributed by atoms with Gasteiger partial charge >= 0.3 is 88.7 Å². The van der Waals surface area contributed by atoms with Crippen LogP contribution in [0.15, 0.2) is 301 Å². The number of nitrogens with zero attached hydrogens (tertiary/aromatic N) is 1. The molecule has 0 heterocycles. The summed E-state index contributed by atoms with van der Waals surface area (Å²) >= 11 is 21.6. The summed E-state index contributed by atoms with van der Waals surface area (Å²) in [7, 11) is -8.71. The molecule has 0 unspecified atom stereocenters. The third-order valence-corrected chi connectivity index (χ3v) is 18.8. The Hall–Kier alpha value is -5.77. The van der Waals surface area contributed by atoms with Crippen molar-refractivity contribution in [2.24, 2.45) is 0 Å². The summed E-state index contributed by atoms with van der Waals surface area (Å²) in [6.07, 6.45) is 32.1. The molecule has 0 saturated heterocycles. The van der Waals surface area contributed by atoms with Crippen molar-refractivity contribution in [2.45, 2.75) is 62.5 Å². The molecule has 123 heavy (non-hydrogen) atoms. The Morgan fingerprint density at radius 3 is 0.821 bits per heavy atom. The number of Topliss-reactive ketones (excluding diaryl/α,β-unsaturated/α-hetero) is 1. The van der Waals surface area contributed by atoms with Crippen LogP contribution < -0.4 is 93.9 Å². The molecule has 39 heteroatoms. The SMILES string of the molecule is C.CC(C)=O.CCO.CSc1ccc(/C=C/C(=O)/C=C/c2ccc(SC)cc2)cc1.CSc1ccc(C=O)cc1.N=S.O=C(/C=C/c1ccc(Cl)cc1)/C=C/c1ccc(Cl)cc1.O=C(/C=C/c1ccc(SOOO)cc1)/C=C/c1ccc(S(=O)(=O)O)cc1.O=C(/C=C/c1ccc(SOO[O-])cc1)/C=C/c1ccc(S(=O)(=O)[O-])cc1.O=[N+]([O-])O.[Ar].[Na+].[Na+].[Na+].[OH-]. The van der Waals surface area contributed by atoms with Gasteiger partial charge in [-0.2, -0.15) is 12.8 Å². The van der Waals surface area contributed by atoms with Crippen molar-refractivity contribution in [3.63, 3.8) is 0 Å². The number of allylic oxidation sites excluding steroid dienone is 8. The van der Waals surface area contributed by atoms with Crippen molar-refractivity contribution < 1.29 is 231 Å². The van der Waals surface area contributed by atoms with Gasteiger partial charge in [-0.25, -0.2) is 18.5 Å². The van der Waals surface area contributed by atoms with Crippen LogP contribution in [0.3, 0.4) is 0 Å². The summed E-state index contributed by atoms with van der Waals surface area (Å²) in [4.78, 5) is 79.7. The average Bonchev–Trinajstić information content (AvgIpc) is 0.861. The fraction of sp³-hybridized carbons (Fsp3) is 0.0952. The zero-order valence-corrected chi connectivity index (χ0v) is 81.5. The van der Waals surface area contributed by atoms with E-state index in [1.165, 1.54) is 126 Å². The predicted molar refractivity (Wildman–Crippen MR) is 474 cm³/mol. The maximum atomic E-state index is 11.9. The Labute approximate surface area is 849 Å². The number of carbonyl (C=O) groups excluding carboxylic acids is 6. The molecule has 640 valence electrons. The molecule has 9 aromatic rings. The summed E-state index contributed by atoms with van der Waals surface area (Å²) < 4.78 is 77.1. The topological polar surface area (TPSA) is 432 Å². The van der Waals surface area contributed by atoms with E-state index >= 15 is 0 Å². The number of rotatable bonds is 28. The summed E-state index contributed by atoms with van der Waals surface area (Å²) in [6.45, 7) is 4.99. The van der Waals surface area contributed by atoms with Crippen molar-refractivity contribution >= 4 is 199 Å². The van der Waals surface area contributed by atoms with E-state index in [1.54, 1.807) is 151 Å². The number of halogens is 2. The number of carbonyl (C=O) groups is 6. The average molecular weight is 1920 g/mol. The second-order valence-corrected chi connectivity index (χ2v) is 29.8.